The molecule has 0 saturated heterocycles. The maximum atomic E-state index is 12.1. The van der Waals surface area contributed by atoms with Crippen molar-refractivity contribution in [2.45, 2.75) is 12.8 Å². The van der Waals surface area contributed by atoms with E-state index in [9.17, 15) is 24.7 Å². The van der Waals surface area contributed by atoms with Crippen molar-refractivity contribution in [2.75, 3.05) is 0 Å². The fourth-order valence-corrected chi connectivity index (χ4v) is 2.81. The van der Waals surface area contributed by atoms with Crippen LogP contribution in [0, 0.1) is 0 Å². The highest BCUT2D eigenvalue weighted by Gasteiger charge is 2.30. The van der Waals surface area contributed by atoms with Gasteiger partial charge in [0.2, 0.25) is 0 Å². The van der Waals surface area contributed by atoms with Crippen LogP contribution >= 0.6 is 7.82 Å². The summed E-state index contributed by atoms with van der Waals surface area (Å²) >= 11 is 0. The van der Waals surface area contributed by atoms with Crippen molar-refractivity contribution in [1.82, 2.24) is 0 Å². The van der Waals surface area contributed by atoms with Crippen molar-refractivity contribution >= 4 is 13.6 Å². The third-order valence-electron chi connectivity index (χ3n) is 3.22. The van der Waals surface area contributed by atoms with Crippen LogP contribution in [-0.4, -0.2) is 30.9 Å². The number of hydrogen-bond acceptors (Lipinski definition) is 6. The van der Waals surface area contributed by atoms with E-state index in [1.54, 1.807) is 0 Å². The van der Waals surface area contributed by atoms with Gasteiger partial charge in [-0.25, -0.2) is 4.57 Å². The Morgan fingerprint density at radius 3 is 2.29 bits per heavy atom. The quantitative estimate of drug-likeness (QED) is 0.513. The van der Waals surface area contributed by atoms with Crippen molar-refractivity contribution < 1.29 is 39.0 Å². The SMILES string of the molecule is CC(=O)C(c1cccc(O)c1)c1c(O)cc(O)cc1OP(=O)(O)O. The Morgan fingerprint density at radius 2 is 1.75 bits per heavy atom. The Bertz CT molecular complexity index is 826. The molecule has 0 aliphatic carbocycles. The van der Waals surface area contributed by atoms with Crippen LogP contribution in [-0.2, 0) is 9.36 Å². The van der Waals surface area contributed by atoms with Gasteiger partial charge in [-0.2, -0.15) is 0 Å². The van der Waals surface area contributed by atoms with Crippen molar-refractivity contribution in [3.63, 3.8) is 0 Å². The molecule has 2 rings (SSSR count). The van der Waals surface area contributed by atoms with Gasteiger partial charge in [0.1, 0.15) is 28.8 Å². The first-order valence-corrected chi connectivity index (χ1v) is 8.22. The predicted molar refractivity (Wildman–Crippen MR) is 83.1 cm³/mol. The van der Waals surface area contributed by atoms with E-state index < -0.39 is 36.8 Å². The number of carbonyl (C=O) groups excluding carboxylic acids is 1. The Morgan fingerprint density at radius 1 is 1.08 bits per heavy atom. The number of rotatable bonds is 5. The molecule has 0 aromatic heterocycles. The lowest BCUT2D eigenvalue weighted by atomic mass is 9.87. The highest BCUT2D eigenvalue weighted by Crippen LogP contribution is 2.47. The summed E-state index contributed by atoms with van der Waals surface area (Å²) in [6.07, 6.45) is 0. The number of aromatic hydroxyl groups is 3. The van der Waals surface area contributed by atoms with Gasteiger partial charge in [0, 0.05) is 12.1 Å². The maximum Gasteiger partial charge on any atom is 0.524 e. The topological polar surface area (TPSA) is 145 Å². The number of phenolic OH excluding ortho intramolecular Hbond substituents is 3. The molecule has 0 fully saturated rings. The summed E-state index contributed by atoms with van der Waals surface area (Å²) in [5, 5.41) is 29.2. The first-order chi connectivity index (χ1) is 11.1. The average molecular weight is 354 g/mol. The van der Waals surface area contributed by atoms with Crippen LogP contribution in [0.4, 0.5) is 0 Å². The predicted octanol–water partition coefficient (Wildman–Crippen LogP) is 2.00. The van der Waals surface area contributed by atoms with Gasteiger partial charge in [-0.3, -0.25) is 14.6 Å². The van der Waals surface area contributed by atoms with Gasteiger partial charge < -0.3 is 19.8 Å². The molecule has 2 aromatic carbocycles. The van der Waals surface area contributed by atoms with Crippen LogP contribution in [0.5, 0.6) is 23.0 Å². The monoisotopic (exact) mass is 354 g/mol. The van der Waals surface area contributed by atoms with Gasteiger partial charge in [-0.05, 0) is 24.6 Å². The summed E-state index contributed by atoms with van der Waals surface area (Å²) in [7, 11) is -5.01. The number of carbonyl (C=O) groups is 1. The van der Waals surface area contributed by atoms with Crippen LogP contribution in [0.3, 0.4) is 0 Å². The molecular formula is C15H15O8P. The minimum absolute atomic E-state index is 0.130. The molecule has 128 valence electrons. The number of phosphoric ester groups is 1. The molecule has 0 saturated carbocycles. The fraction of sp³-hybridized carbons (Fsp3) is 0.133. The molecule has 0 aliphatic heterocycles. The molecule has 0 amide bonds. The second kappa shape index (κ2) is 6.52. The van der Waals surface area contributed by atoms with Gasteiger partial charge in [-0.1, -0.05) is 12.1 Å². The second-order valence-corrected chi connectivity index (χ2v) is 6.26. The molecule has 1 unspecified atom stereocenters. The Kier molecular flexibility index (Phi) is 4.84. The zero-order chi connectivity index (χ0) is 18.1. The summed E-state index contributed by atoms with van der Waals surface area (Å²) in [5.41, 5.74) is 0.0493. The molecule has 24 heavy (non-hydrogen) atoms. The first kappa shape index (κ1) is 17.8. The maximum absolute atomic E-state index is 12.1. The minimum Gasteiger partial charge on any atom is -0.508 e. The fourth-order valence-electron chi connectivity index (χ4n) is 2.40. The van der Waals surface area contributed by atoms with E-state index >= 15 is 0 Å². The highest BCUT2D eigenvalue weighted by molar-refractivity contribution is 7.46. The molecule has 2 aromatic rings. The van der Waals surface area contributed by atoms with Crippen molar-refractivity contribution in [3.8, 4) is 23.0 Å². The number of ketones is 1. The molecule has 8 nitrogen and oxygen atoms in total. The zero-order valence-electron chi connectivity index (χ0n) is 12.4. The van der Waals surface area contributed by atoms with Crippen LogP contribution in [0.1, 0.15) is 24.0 Å². The lowest BCUT2D eigenvalue weighted by Crippen LogP contribution is -2.12. The van der Waals surface area contributed by atoms with Crippen molar-refractivity contribution in [3.05, 3.63) is 47.5 Å². The Labute approximate surface area is 136 Å². The first-order valence-electron chi connectivity index (χ1n) is 6.69. The van der Waals surface area contributed by atoms with Crippen LogP contribution in [0.2, 0.25) is 0 Å². The highest BCUT2D eigenvalue weighted by atomic mass is 31.2. The molecule has 9 heteroatoms. The smallest absolute Gasteiger partial charge is 0.508 e. The normalized spacial score (nSPS) is 12.6. The third-order valence-corrected chi connectivity index (χ3v) is 3.66. The van der Waals surface area contributed by atoms with Gasteiger partial charge in [0.15, 0.2) is 0 Å². The van der Waals surface area contributed by atoms with Gasteiger partial charge >= 0.3 is 7.82 Å². The van der Waals surface area contributed by atoms with Crippen molar-refractivity contribution in [1.29, 1.82) is 0 Å². The molecule has 1 atom stereocenters. The zero-order valence-corrected chi connectivity index (χ0v) is 13.3. The average Bonchev–Trinajstić information content (AvgIpc) is 2.40. The number of hydrogen-bond donors (Lipinski definition) is 5. The minimum atomic E-state index is -5.01. The van der Waals surface area contributed by atoms with Crippen LogP contribution in [0.25, 0.3) is 0 Å². The lowest BCUT2D eigenvalue weighted by Gasteiger charge is -2.20. The summed E-state index contributed by atoms with van der Waals surface area (Å²) in [4.78, 5) is 30.1. The summed E-state index contributed by atoms with van der Waals surface area (Å²) in [6, 6.07) is 7.43. The van der Waals surface area contributed by atoms with Gasteiger partial charge in [0.25, 0.3) is 0 Å². The van der Waals surface area contributed by atoms with Gasteiger partial charge in [-0.15, -0.1) is 0 Å². The van der Waals surface area contributed by atoms with E-state index in [0.717, 1.165) is 12.1 Å². The molecule has 0 bridgehead atoms. The summed E-state index contributed by atoms with van der Waals surface area (Å²) in [6.45, 7) is 1.21. The van der Waals surface area contributed by atoms with E-state index in [1.807, 2.05) is 0 Å². The van der Waals surface area contributed by atoms with E-state index in [2.05, 4.69) is 4.52 Å². The lowest BCUT2D eigenvalue weighted by molar-refractivity contribution is -0.117. The molecule has 0 spiro atoms. The summed E-state index contributed by atoms with van der Waals surface area (Å²) < 4.78 is 15.7. The second-order valence-electron chi connectivity index (χ2n) is 5.10. The van der Waals surface area contributed by atoms with Crippen molar-refractivity contribution in [2.24, 2.45) is 0 Å². The number of Topliss-reactive ketones (excluding diaryl/α,β-unsaturated/α-hetero) is 1. The molecular weight excluding hydrogens is 339 g/mol. The number of phenols is 3. The molecule has 0 heterocycles. The van der Waals surface area contributed by atoms with E-state index in [0.29, 0.717) is 0 Å². The van der Waals surface area contributed by atoms with Crippen LogP contribution in [0.15, 0.2) is 36.4 Å². The molecule has 0 radical (unpaired) electrons. The Hall–Kier alpha value is -2.54. The molecule has 5 N–H and O–H groups in total. The standard InChI is InChI=1S/C15H15O8P/c1-8(16)14(9-3-2-4-10(17)5-9)15-12(19)6-11(18)7-13(15)23-24(20,21)22/h2-7,14,17-19H,1H3,(H2,20,21,22). The largest absolute Gasteiger partial charge is 0.524 e. The number of phosphoric acid groups is 1. The Balaban J connectivity index is 2.70. The third kappa shape index (κ3) is 4.05. The van der Waals surface area contributed by atoms with Crippen LogP contribution < -0.4 is 4.52 Å². The molecule has 0 aliphatic rings. The number of benzene rings is 2. The van der Waals surface area contributed by atoms with E-state index in [1.165, 1.54) is 31.2 Å². The summed E-state index contributed by atoms with van der Waals surface area (Å²) in [5.74, 6) is -3.39. The van der Waals surface area contributed by atoms with E-state index in [4.69, 9.17) is 9.79 Å². The van der Waals surface area contributed by atoms with E-state index in [-0.39, 0.29) is 16.9 Å². The van der Waals surface area contributed by atoms with Gasteiger partial charge in [0.05, 0.1) is 11.5 Å².